The van der Waals surface area contributed by atoms with E-state index in [1.807, 2.05) is 71.3 Å². The van der Waals surface area contributed by atoms with Gasteiger partial charge in [0.2, 0.25) is 0 Å². The van der Waals surface area contributed by atoms with Crippen molar-refractivity contribution in [3.05, 3.63) is 60.8 Å². The second-order valence-corrected chi connectivity index (χ2v) is 8.90. The minimum atomic E-state index is -4.34. The molecule has 2 aliphatic rings. The van der Waals surface area contributed by atoms with Gasteiger partial charge in [-0.15, -0.1) is 0 Å². The van der Waals surface area contributed by atoms with Crippen molar-refractivity contribution in [2.24, 2.45) is 4.99 Å². The Morgan fingerprint density at radius 2 is 1.70 bits per heavy atom. The molecule has 158 valence electrons. The predicted molar refractivity (Wildman–Crippen MR) is 118 cm³/mol. The molecule has 0 saturated heterocycles. The number of benzene rings is 2. The third-order valence-corrected chi connectivity index (χ3v) is 6.42. The molecule has 0 aliphatic carbocycles. The molecule has 1 atom stereocenters. The molecule has 0 spiro atoms. The number of hydrogen-bond donors (Lipinski definition) is 1. The quantitative estimate of drug-likeness (QED) is 0.667. The number of ether oxygens (including phenoxy) is 1. The van der Waals surface area contributed by atoms with E-state index < -0.39 is 15.4 Å². The Morgan fingerprint density at radius 1 is 1.07 bits per heavy atom. The van der Waals surface area contributed by atoms with Crippen LogP contribution in [0.5, 0.6) is 11.5 Å². The average molecular weight is 428 g/mol. The van der Waals surface area contributed by atoms with Gasteiger partial charge in [0.25, 0.3) is 10.1 Å². The maximum atomic E-state index is 12.3. The molecule has 2 aromatic rings. The Kier molecular flexibility index (Phi) is 5.78. The van der Waals surface area contributed by atoms with Crippen molar-refractivity contribution in [1.82, 2.24) is 4.90 Å². The Balaban J connectivity index is 1.65. The highest BCUT2D eigenvalue weighted by atomic mass is 32.2. The monoisotopic (exact) mass is 427 g/mol. The predicted octanol–water partition coefficient (Wildman–Crippen LogP) is 4.21. The molecule has 4 rings (SSSR count). The average Bonchev–Trinajstić information content (AvgIpc) is 2.73. The standard InChI is InChI=1S/C22H25N3O4S/c1-2-14-24-15-7-13-23-22(24)21(30(26,27)28)12-16-25-17-8-3-5-10-19(17)29-20-11-6-4-9-18(20)25/h3-11,13,21H,2,12,14-16H2,1H3,(H,26,27,28). The van der Waals surface area contributed by atoms with Gasteiger partial charge in [-0.2, -0.15) is 8.42 Å². The fourth-order valence-electron chi connectivity index (χ4n) is 3.92. The second-order valence-electron chi connectivity index (χ2n) is 7.30. The van der Waals surface area contributed by atoms with E-state index in [1.54, 1.807) is 6.20 Å². The summed E-state index contributed by atoms with van der Waals surface area (Å²) in [5.74, 6) is 1.83. The van der Waals surface area contributed by atoms with E-state index in [9.17, 15) is 13.0 Å². The summed E-state index contributed by atoms with van der Waals surface area (Å²) in [6.45, 7) is 3.67. The van der Waals surface area contributed by atoms with E-state index in [-0.39, 0.29) is 6.42 Å². The number of fused-ring (bicyclic) bond motifs is 2. The van der Waals surface area contributed by atoms with Gasteiger partial charge in [-0.05, 0) is 43.2 Å². The van der Waals surface area contributed by atoms with Gasteiger partial charge in [0, 0.05) is 25.8 Å². The zero-order valence-corrected chi connectivity index (χ0v) is 17.6. The van der Waals surface area contributed by atoms with Crippen molar-refractivity contribution in [2.75, 3.05) is 24.5 Å². The summed E-state index contributed by atoms with van der Waals surface area (Å²) >= 11 is 0. The van der Waals surface area contributed by atoms with Crippen molar-refractivity contribution in [3.63, 3.8) is 0 Å². The van der Waals surface area contributed by atoms with Gasteiger partial charge in [-0.1, -0.05) is 31.2 Å². The van der Waals surface area contributed by atoms with Crippen molar-refractivity contribution < 1.29 is 17.7 Å². The van der Waals surface area contributed by atoms with Crippen molar-refractivity contribution in [3.8, 4) is 11.5 Å². The molecule has 2 aromatic carbocycles. The molecule has 0 fully saturated rings. The van der Waals surface area contributed by atoms with Crippen LogP contribution in [0.2, 0.25) is 0 Å². The summed E-state index contributed by atoms with van der Waals surface area (Å²) in [5, 5.41) is -1.10. The van der Waals surface area contributed by atoms with Crippen LogP contribution in [-0.4, -0.2) is 48.6 Å². The van der Waals surface area contributed by atoms with E-state index in [2.05, 4.69) is 4.99 Å². The molecule has 0 amide bonds. The lowest BCUT2D eigenvalue weighted by Gasteiger charge is -2.35. The van der Waals surface area contributed by atoms with Crippen LogP contribution in [0, 0.1) is 0 Å². The fraction of sp³-hybridized carbons (Fsp3) is 0.318. The largest absolute Gasteiger partial charge is 0.453 e. The molecule has 2 heterocycles. The van der Waals surface area contributed by atoms with Crippen LogP contribution < -0.4 is 9.64 Å². The number of rotatable bonds is 7. The molecule has 0 aromatic heterocycles. The van der Waals surface area contributed by atoms with Gasteiger partial charge in [-0.3, -0.25) is 4.55 Å². The summed E-state index contributed by atoms with van der Waals surface area (Å²) in [5.41, 5.74) is 1.72. The van der Waals surface area contributed by atoms with Crippen LogP contribution in [-0.2, 0) is 10.1 Å². The lowest BCUT2D eigenvalue weighted by Crippen LogP contribution is -2.45. The SMILES string of the molecule is CCCN1CC=CN=C1C(CCN1c2ccccc2Oc2ccccc21)S(=O)(=O)O. The van der Waals surface area contributed by atoms with Crippen LogP contribution >= 0.6 is 0 Å². The number of aliphatic imine (C=N–C) groups is 1. The highest BCUT2D eigenvalue weighted by molar-refractivity contribution is 7.87. The number of hydrogen-bond acceptors (Lipinski definition) is 6. The molecular formula is C22H25N3O4S. The van der Waals surface area contributed by atoms with Crippen LogP contribution in [0.3, 0.4) is 0 Å². The summed E-state index contributed by atoms with van der Waals surface area (Å²) in [4.78, 5) is 8.28. The van der Waals surface area contributed by atoms with E-state index in [4.69, 9.17) is 4.74 Å². The Bertz CT molecular complexity index is 1040. The highest BCUT2D eigenvalue weighted by Gasteiger charge is 2.34. The first-order chi connectivity index (χ1) is 14.5. The van der Waals surface area contributed by atoms with E-state index in [1.165, 1.54) is 0 Å². The fourth-order valence-corrected chi connectivity index (χ4v) is 4.80. The summed E-state index contributed by atoms with van der Waals surface area (Å²) in [7, 11) is -4.34. The van der Waals surface area contributed by atoms with Gasteiger partial charge in [0.15, 0.2) is 11.5 Å². The van der Waals surface area contributed by atoms with E-state index in [0.717, 1.165) is 17.8 Å². The molecule has 7 nitrogen and oxygen atoms in total. The van der Waals surface area contributed by atoms with Crippen molar-refractivity contribution in [1.29, 1.82) is 0 Å². The van der Waals surface area contributed by atoms with Gasteiger partial charge in [-0.25, -0.2) is 4.99 Å². The summed E-state index contributed by atoms with van der Waals surface area (Å²) < 4.78 is 40.7. The number of anilines is 2. The molecule has 0 saturated carbocycles. The van der Waals surface area contributed by atoms with Crippen LogP contribution in [0.1, 0.15) is 19.8 Å². The Labute approximate surface area is 177 Å². The van der Waals surface area contributed by atoms with E-state index >= 15 is 0 Å². The van der Waals surface area contributed by atoms with Crippen molar-refractivity contribution in [2.45, 2.75) is 25.0 Å². The van der Waals surface area contributed by atoms with E-state index in [0.29, 0.717) is 37.0 Å². The third-order valence-electron chi connectivity index (χ3n) is 5.25. The summed E-state index contributed by atoms with van der Waals surface area (Å²) in [6.07, 6.45) is 4.54. The Hall–Kier alpha value is -2.84. The first-order valence-electron chi connectivity index (χ1n) is 10.1. The van der Waals surface area contributed by atoms with Crippen LogP contribution in [0.4, 0.5) is 11.4 Å². The summed E-state index contributed by atoms with van der Waals surface area (Å²) in [6, 6.07) is 15.3. The number of nitrogens with zero attached hydrogens (tertiary/aromatic N) is 3. The van der Waals surface area contributed by atoms with Gasteiger partial charge in [0.05, 0.1) is 11.4 Å². The lowest BCUT2D eigenvalue weighted by atomic mass is 10.1. The Morgan fingerprint density at radius 3 is 2.30 bits per heavy atom. The van der Waals surface area contributed by atoms with Gasteiger partial charge >= 0.3 is 0 Å². The zero-order valence-electron chi connectivity index (χ0n) is 16.8. The molecule has 0 bridgehead atoms. The lowest BCUT2D eigenvalue weighted by molar-refractivity contribution is 0.429. The molecular weight excluding hydrogens is 402 g/mol. The molecule has 1 unspecified atom stereocenters. The van der Waals surface area contributed by atoms with Gasteiger partial charge < -0.3 is 14.5 Å². The normalized spacial score (nSPS) is 16.4. The smallest absolute Gasteiger partial charge is 0.275 e. The molecule has 8 heteroatoms. The third kappa shape index (κ3) is 4.06. The minimum Gasteiger partial charge on any atom is -0.453 e. The zero-order chi connectivity index (χ0) is 21.1. The minimum absolute atomic E-state index is 0.189. The maximum Gasteiger partial charge on any atom is 0.275 e. The van der Waals surface area contributed by atoms with Crippen molar-refractivity contribution >= 4 is 27.3 Å². The van der Waals surface area contributed by atoms with Crippen LogP contribution in [0.15, 0.2) is 65.8 Å². The first kappa shape index (κ1) is 20.4. The maximum absolute atomic E-state index is 12.3. The first-order valence-corrected chi connectivity index (χ1v) is 11.6. The van der Waals surface area contributed by atoms with Gasteiger partial charge in [0.1, 0.15) is 11.1 Å². The molecule has 2 aliphatic heterocycles. The number of amidine groups is 1. The molecule has 1 N–H and O–H groups in total. The second kappa shape index (κ2) is 8.49. The number of para-hydroxylation sites is 4. The topological polar surface area (TPSA) is 82.4 Å². The highest BCUT2D eigenvalue weighted by Crippen LogP contribution is 2.46. The molecule has 0 radical (unpaired) electrons. The van der Waals surface area contributed by atoms with Crippen LogP contribution in [0.25, 0.3) is 0 Å². The molecule has 30 heavy (non-hydrogen) atoms.